The van der Waals surface area contributed by atoms with Crippen LogP contribution in [0.1, 0.15) is 0 Å². The Balaban J connectivity index is -0.000000112. The second-order valence-electron chi connectivity index (χ2n) is 1.62. The van der Waals surface area contributed by atoms with Crippen molar-refractivity contribution in [2.75, 3.05) is 0 Å². The van der Waals surface area contributed by atoms with Crippen LogP contribution in [-0.4, -0.2) is 47.7 Å². The van der Waals surface area contributed by atoms with Gasteiger partial charge in [0.15, 0.2) is 0 Å². The molecular formula is H6NNaO13S4. The molecule has 0 saturated carbocycles. The number of hydrogen-bond donors (Lipinski definition) is 4. The molecule has 0 aliphatic heterocycles. The van der Waals surface area contributed by atoms with Crippen LogP contribution in [0.4, 0.5) is 0 Å². The van der Waals surface area contributed by atoms with Gasteiger partial charge in [0.25, 0.3) is 10.1 Å². The Kier molecular flexibility index (Phi) is 15.4. The van der Waals surface area contributed by atoms with Gasteiger partial charge < -0.3 is 10.7 Å². The monoisotopic (exact) mass is 379 g/mol. The van der Waals surface area contributed by atoms with Crippen molar-refractivity contribution in [3.8, 4) is 0 Å². The van der Waals surface area contributed by atoms with Gasteiger partial charge in [-0.05, 0) is 0 Å². The van der Waals surface area contributed by atoms with Gasteiger partial charge in [0.2, 0.25) is 9.15 Å². The molecule has 0 aromatic carbocycles. The Morgan fingerprint density at radius 1 is 0.895 bits per heavy atom. The summed E-state index contributed by atoms with van der Waals surface area (Å²) in [6, 6.07) is 0. The van der Waals surface area contributed by atoms with E-state index in [9.17, 15) is 34.0 Å². The molecule has 0 spiro atoms. The fourth-order valence-electron chi connectivity index (χ4n) is 0.0702. The molecule has 6 N–H and O–H groups in total. The van der Waals surface area contributed by atoms with Gasteiger partial charge in [-0.25, -0.2) is 12.6 Å². The third-order valence-electron chi connectivity index (χ3n) is 0.374. The van der Waals surface area contributed by atoms with Crippen molar-refractivity contribution in [1.82, 2.24) is 6.15 Å². The molecule has 19 heavy (non-hydrogen) atoms. The summed E-state index contributed by atoms with van der Waals surface area (Å²) < 4.78 is 103. The van der Waals surface area contributed by atoms with Crippen LogP contribution < -0.4 is 35.7 Å². The van der Waals surface area contributed by atoms with Gasteiger partial charge in [-0.1, -0.05) is 8.67 Å². The van der Waals surface area contributed by atoms with E-state index in [0.29, 0.717) is 0 Å². The summed E-state index contributed by atoms with van der Waals surface area (Å²) in [6.45, 7) is 0. The Morgan fingerprint density at radius 3 is 1.11 bits per heavy atom. The summed E-state index contributed by atoms with van der Waals surface area (Å²) in [4.78, 5) is 0. The van der Waals surface area contributed by atoms with Gasteiger partial charge in [-0.3, -0.25) is 13.7 Å². The molecule has 0 aliphatic rings. The molecule has 1 unspecified atom stereocenters. The maximum atomic E-state index is 9.51. The van der Waals surface area contributed by atoms with E-state index in [4.69, 9.17) is 13.7 Å². The third-order valence-corrected chi connectivity index (χ3v) is 2.34. The third kappa shape index (κ3) is 27.8. The van der Waals surface area contributed by atoms with Crippen LogP contribution in [0.5, 0.6) is 0 Å². The molecule has 0 amide bonds. The van der Waals surface area contributed by atoms with Gasteiger partial charge in [0, 0.05) is 0 Å². The van der Waals surface area contributed by atoms with Crippen molar-refractivity contribution in [2.24, 2.45) is 0 Å². The normalized spacial score (nSPS) is 13.1. The van der Waals surface area contributed by atoms with Gasteiger partial charge in [-0.2, -0.15) is 16.8 Å². The first kappa shape index (κ1) is 28.0. The molecule has 0 aromatic rings. The summed E-state index contributed by atoms with van der Waals surface area (Å²) >= 11 is 0. The molecule has 0 saturated heterocycles. The topological polar surface area (TPSA) is 257 Å². The number of rotatable bonds is 4. The first-order valence-corrected chi connectivity index (χ1v) is 8.31. The van der Waals surface area contributed by atoms with Gasteiger partial charge in [0.05, 0.1) is 0 Å². The second kappa shape index (κ2) is 10.4. The molecule has 1 atom stereocenters. The van der Waals surface area contributed by atoms with E-state index in [1.165, 1.54) is 0 Å². The van der Waals surface area contributed by atoms with E-state index in [0.717, 1.165) is 0 Å². The molecule has 0 radical (unpaired) electrons. The van der Waals surface area contributed by atoms with E-state index in [1.54, 1.807) is 0 Å². The van der Waals surface area contributed by atoms with E-state index < -0.39 is 40.1 Å². The maximum Gasteiger partial charge on any atom is 1.00 e. The standard InChI is InChI=1S/H3N.Na.H2O8S2.H2O5S2/c;;1-9(2,3)7-8-10(4,5)6;1-6(2)7(3,4)5/h1H3;;(H,1,2,3)(H,4,5,6);(H,1,2)(H,3,4,5)/q;+1;;/p-1. The van der Waals surface area contributed by atoms with Crippen molar-refractivity contribution < 1.29 is 85.9 Å². The van der Waals surface area contributed by atoms with E-state index in [1.807, 2.05) is 0 Å². The van der Waals surface area contributed by atoms with Crippen LogP contribution >= 0.6 is 0 Å². The summed E-state index contributed by atoms with van der Waals surface area (Å²) in [5.74, 6) is 0. The van der Waals surface area contributed by atoms with Gasteiger partial charge >= 0.3 is 50.4 Å². The summed E-state index contributed by atoms with van der Waals surface area (Å²) in [7, 11) is -18.3. The largest absolute Gasteiger partial charge is 1.00 e. The number of hydrogen-bond acceptors (Lipinski definition) is 11. The van der Waals surface area contributed by atoms with Crippen LogP contribution in [0.2, 0.25) is 0 Å². The molecular weight excluding hydrogens is 373 g/mol. The van der Waals surface area contributed by atoms with E-state index in [-0.39, 0.29) is 35.7 Å². The predicted molar refractivity (Wildman–Crippen MR) is 50.8 cm³/mol. The average molecular weight is 379 g/mol. The zero-order chi connectivity index (χ0) is 14.5. The summed E-state index contributed by atoms with van der Waals surface area (Å²) in [6.07, 6.45) is 0. The van der Waals surface area contributed by atoms with E-state index >= 15 is 0 Å². The molecule has 0 fully saturated rings. The fourth-order valence-corrected chi connectivity index (χ4v) is 0.632. The maximum absolute atomic E-state index is 9.51. The van der Waals surface area contributed by atoms with Gasteiger partial charge in [0.1, 0.15) is 0 Å². The van der Waals surface area contributed by atoms with Crippen molar-refractivity contribution in [1.29, 1.82) is 0 Å². The second-order valence-corrected chi connectivity index (χ2v) is 6.93. The van der Waals surface area contributed by atoms with Crippen LogP contribution in [0.15, 0.2) is 0 Å². The molecule has 114 valence electrons. The molecule has 0 aliphatic carbocycles. The van der Waals surface area contributed by atoms with Crippen molar-refractivity contribution in [3.05, 3.63) is 0 Å². The van der Waals surface area contributed by atoms with Crippen molar-refractivity contribution in [2.45, 2.75) is 0 Å². The Labute approximate surface area is 131 Å². The molecule has 0 bridgehead atoms. The zero-order valence-corrected chi connectivity index (χ0v) is 14.0. The fraction of sp³-hybridized carbons (Fsp3) is 0. The molecule has 14 nitrogen and oxygen atoms in total. The Bertz CT molecular complexity index is 518. The average Bonchev–Trinajstić information content (AvgIpc) is 1.97. The van der Waals surface area contributed by atoms with E-state index in [2.05, 4.69) is 8.67 Å². The minimum Gasteiger partial charge on any atom is -0.736 e. The Hall–Kier alpha value is 0.720. The van der Waals surface area contributed by atoms with Crippen molar-refractivity contribution in [3.63, 3.8) is 0 Å². The smallest absolute Gasteiger partial charge is 0.736 e. The molecule has 19 heteroatoms. The van der Waals surface area contributed by atoms with Crippen molar-refractivity contribution >= 4 is 40.1 Å². The Morgan fingerprint density at radius 2 is 1.05 bits per heavy atom. The first-order chi connectivity index (χ1) is 7.15. The summed E-state index contributed by atoms with van der Waals surface area (Å²) in [5.41, 5.74) is 0. The SMILES string of the molecule is N.O=S(=O)(O)OOS(=O)(=O)O.O=S(O)S(=O)(=O)[O-].[Na+]. The predicted octanol–water partition coefficient (Wildman–Crippen LogP) is -5.63. The minimum atomic E-state index is -5.02. The summed E-state index contributed by atoms with van der Waals surface area (Å²) in [5, 5.41) is 0. The first-order valence-electron chi connectivity index (χ1n) is 2.55. The molecule has 0 aromatic heterocycles. The van der Waals surface area contributed by atoms with Crippen LogP contribution in [0.25, 0.3) is 0 Å². The van der Waals surface area contributed by atoms with Crippen LogP contribution in [-0.2, 0) is 48.7 Å². The quantitative estimate of drug-likeness (QED) is 0.0886. The van der Waals surface area contributed by atoms with Crippen LogP contribution in [0.3, 0.4) is 0 Å². The zero-order valence-electron chi connectivity index (χ0n) is 8.76. The minimum absolute atomic E-state index is 0. The van der Waals surface area contributed by atoms with Crippen LogP contribution in [0, 0.1) is 0 Å². The molecule has 0 rings (SSSR count). The molecule has 0 heterocycles. The van der Waals surface area contributed by atoms with Gasteiger partial charge in [-0.15, -0.1) is 0 Å².